The Bertz CT molecular complexity index is 624. The van der Waals surface area contributed by atoms with Crippen molar-refractivity contribution in [1.29, 1.82) is 0 Å². The van der Waals surface area contributed by atoms with Crippen molar-refractivity contribution in [1.82, 2.24) is 9.88 Å². The average molecular weight is 315 g/mol. The Balaban J connectivity index is 0.00000127. The number of nitrogens with zero attached hydrogens (tertiary/aromatic N) is 2. The third kappa shape index (κ3) is 4.96. The lowest BCUT2D eigenvalue weighted by atomic mass is 9.98. The number of aromatic nitrogens is 1. The standard InChI is InChI=1S/C17H23N3O.C2H6/c1-5-12-9-14(15-7-6-8-17(18)19-15)16(21-4)10-13(12)11-20(2)3;1-2/h6-10H,5,11H2,1-4H3,(H2,18,19);1-2H3. The first-order valence-corrected chi connectivity index (χ1v) is 8.12. The maximum Gasteiger partial charge on any atom is 0.128 e. The number of pyridine rings is 1. The van der Waals surface area contributed by atoms with Crippen LogP contribution >= 0.6 is 0 Å². The zero-order valence-corrected chi connectivity index (χ0v) is 15.2. The predicted octanol–water partition coefficient (Wildman–Crippen LogP) is 3.99. The maximum atomic E-state index is 5.80. The molecule has 0 spiro atoms. The number of nitrogens with two attached hydrogens (primary N) is 1. The monoisotopic (exact) mass is 315 g/mol. The number of anilines is 1. The van der Waals surface area contributed by atoms with Gasteiger partial charge in [0, 0.05) is 12.1 Å². The molecule has 2 N–H and O–H groups in total. The summed E-state index contributed by atoms with van der Waals surface area (Å²) in [5, 5.41) is 0. The van der Waals surface area contributed by atoms with Gasteiger partial charge < -0.3 is 15.4 Å². The molecule has 1 aromatic heterocycles. The van der Waals surface area contributed by atoms with Gasteiger partial charge in [-0.05, 0) is 55.9 Å². The number of rotatable bonds is 5. The van der Waals surface area contributed by atoms with E-state index in [2.05, 4.69) is 43.0 Å². The van der Waals surface area contributed by atoms with Gasteiger partial charge in [-0.1, -0.05) is 26.8 Å². The van der Waals surface area contributed by atoms with Gasteiger partial charge in [-0.2, -0.15) is 0 Å². The molecule has 1 aromatic carbocycles. The Morgan fingerprint density at radius 2 is 1.83 bits per heavy atom. The van der Waals surface area contributed by atoms with Gasteiger partial charge in [0.25, 0.3) is 0 Å². The molecule has 0 saturated carbocycles. The molecule has 0 saturated heterocycles. The number of ether oxygens (including phenoxy) is 1. The van der Waals surface area contributed by atoms with E-state index in [4.69, 9.17) is 10.5 Å². The molecule has 1 heterocycles. The zero-order valence-electron chi connectivity index (χ0n) is 15.2. The van der Waals surface area contributed by atoms with Crippen molar-refractivity contribution >= 4 is 5.82 Å². The lowest BCUT2D eigenvalue weighted by molar-refractivity contribution is 0.394. The number of benzene rings is 1. The highest BCUT2D eigenvalue weighted by Gasteiger charge is 2.13. The van der Waals surface area contributed by atoms with Gasteiger partial charge in [-0.3, -0.25) is 0 Å². The van der Waals surface area contributed by atoms with Crippen LogP contribution in [0.5, 0.6) is 5.75 Å². The summed E-state index contributed by atoms with van der Waals surface area (Å²) in [5.41, 5.74) is 10.2. The van der Waals surface area contributed by atoms with E-state index in [-0.39, 0.29) is 0 Å². The second-order valence-corrected chi connectivity index (χ2v) is 5.36. The number of hydrogen-bond donors (Lipinski definition) is 1. The summed E-state index contributed by atoms with van der Waals surface area (Å²) >= 11 is 0. The van der Waals surface area contributed by atoms with Crippen LogP contribution in [0.3, 0.4) is 0 Å². The summed E-state index contributed by atoms with van der Waals surface area (Å²) in [6.45, 7) is 7.06. The molecule has 0 aliphatic heterocycles. The lowest BCUT2D eigenvalue weighted by Crippen LogP contribution is -2.12. The summed E-state index contributed by atoms with van der Waals surface area (Å²) in [6, 6.07) is 9.94. The topological polar surface area (TPSA) is 51.4 Å². The van der Waals surface area contributed by atoms with E-state index in [9.17, 15) is 0 Å². The molecule has 0 radical (unpaired) electrons. The van der Waals surface area contributed by atoms with Crippen LogP contribution < -0.4 is 10.5 Å². The molecular formula is C19H29N3O. The minimum absolute atomic E-state index is 0.518. The fraction of sp³-hybridized carbons (Fsp3) is 0.421. The van der Waals surface area contributed by atoms with Crippen molar-refractivity contribution in [3.05, 3.63) is 41.5 Å². The van der Waals surface area contributed by atoms with Crippen molar-refractivity contribution < 1.29 is 4.74 Å². The summed E-state index contributed by atoms with van der Waals surface area (Å²) in [6.07, 6.45) is 0.975. The Labute approximate surface area is 140 Å². The highest BCUT2D eigenvalue weighted by atomic mass is 16.5. The second-order valence-electron chi connectivity index (χ2n) is 5.36. The SMILES string of the molecule is CC.CCc1cc(-c2cccc(N)n2)c(OC)cc1CN(C)C. The molecule has 0 aliphatic rings. The number of nitrogen functional groups attached to an aromatic ring is 1. The quantitative estimate of drug-likeness (QED) is 0.906. The second kappa shape index (κ2) is 9.16. The molecule has 0 aliphatic carbocycles. The van der Waals surface area contributed by atoms with E-state index in [0.717, 1.165) is 30.0 Å². The van der Waals surface area contributed by atoms with Gasteiger partial charge in [0.2, 0.25) is 0 Å². The van der Waals surface area contributed by atoms with Crippen LogP contribution in [0, 0.1) is 0 Å². The lowest BCUT2D eigenvalue weighted by Gasteiger charge is -2.17. The molecule has 0 atom stereocenters. The van der Waals surface area contributed by atoms with E-state index in [0.29, 0.717) is 5.82 Å². The largest absolute Gasteiger partial charge is 0.496 e. The molecule has 2 rings (SSSR count). The summed E-state index contributed by atoms with van der Waals surface area (Å²) in [5.74, 6) is 1.35. The Morgan fingerprint density at radius 3 is 2.35 bits per heavy atom. The average Bonchev–Trinajstić information content (AvgIpc) is 2.55. The molecule has 0 unspecified atom stereocenters. The van der Waals surface area contributed by atoms with Gasteiger partial charge in [-0.15, -0.1) is 0 Å². The first kappa shape index (κ1) is 19.0. The zero-order chi connectivity index (χ0) is 17.4. The Morgan fingerprint density at radius 1 is 1.13 bits per heavy atom. The van der Waals surface area contributed by atoms with Crippen LogP contribution in [0.2, 0.25) is 0 Å². The van der Waals surface area contributed by atoms with Gasteiger partial charge >= 0.3 is 0 Å². The molecule has 4 heteroatoms. The van der Waals surface area contributed by atoms with Crippen LogP contribution in [-0.4, -0.2) is 31.1 Å². The maximum absolute atomic E-state index is 5.80. The molecule has 2 aromatic rings. The minimum Gasteiger partial charge on any atom is -0.496 e. The van der Waals surface area contributed by atoms with Crippen LogP contribution in [0.25, 0.3) is 11.3 Å². The summed E-state index contributed by atoms with van der Waals surface area (Å²) < 4.78 is 5.56. The van der Waals surface area contributed by atoms with Gasteiger partial charge in [0.15, 0.2) is 0 Å². The number of methoxy groups -OCH3 is 1. The smallest absolute Gasteiger partial charge is 0.128 e. The van der Waals surface area contributed by atoms with Crippen LogP contribution in [-0.2, 0) is 13.0 Å². The van der Waals surface area contributed by atoms with Crippen molar-refractivity contribution in [2.24, 2.45) is 0 Å². The molecule has 126 valence electrons. The van der Waals surface area contributed by atoms with E-state index < -0.39 is 0 Å². The van der Waals surface area contributed by atoms with E-state index in [1.54, 1.807) is 13.2 Å². The van der Waals surface area contributed by atoms with Crippen molar-refractivity contribution in [2.45, 2.75) is 33.7 Å². The fourth-order valence-electron chi connectivity index (χ4n) is 2.45. The first-order chi connectivity index (χ1) is 11.0. The molecule has 4 nitrogen and oxygen atoms in total. The number of hydrogen-bond acceptors (Lipinski definition) is 4. The Hall–Kier alpha value is -2.07. The van der Waals surface area contributed by atoms with Crippen LogP contribution in [0.1, 0.15) is 31.9 Å². The van der Waals surface area contributed by atoms with Crippen LogP contribution in [0.15, 0.2) is 30.3 Å². The molecular weight excluding hydrogens is 286 g/mol. The van der Waals surface area contributed by atoms with Crippen LogP contribution in [0.4, 0.5) is 5.82 Å². The normalized spacial score (nSPS) is 10.2. The third-order valence-electron chi connectivity index (χ3n) is 3.44. The Kier molecular flexibility index (Phi) is 7.55. The minimum atomic E-state index is 0.518. The van der Waals surface area contributed by atoms with Crippen molar-refractivity contribution in [3.8, 4) is 17.0 Å². The molecule has 0 amide bonds. The molecule has 0 fully saturated rings. The van der Waals surface area contributed by atoms with E-state index in [1.807, 2.05) is 26.0 Å². The number of aryl methyl sites for hydroxylation is 1. The summed E-state index contributed by atoms with van der Waals surface area (Å²) in [7, 11) is 5.83. The fourth-order valence-corrected chi connectivity index (χ4v) is 2.45. The third-order valence-corrected chi connectivity index (χ3v) is 3.44. The van der Waals surface area contributed by atoms with Crippen molar-refractivity contribution in [3.63, 3.8) is 0 Å². The molecule has 0 bridgehead atoms. The van der Waals surface area contributed by atoms with Gasteiger partial charge in [0.1, 0.15) is 11.6 Å². The van der Waals surface area contributed by atoms with Crippen molar-refractivity contribution in [2.75, 3.05) is 26.9 Å². The van der Waals surface area contributed by atoms with E-state index in [1.165, 1.54) is 11.1 Å². The first-order valence-electron chi connectivity index (χ1n) is 8.12. The summed E-state index contributed by atoms with van der Waals surface area (Å²) in [4.78, 5) is 6.56. The molecule has 23 heavy (non-hydrogen) atoms. The highest BCUT2D eigenvalue weighted by Crippen LogP contribution is 2.32. The van der Waals surface area contributed by atoms with E-state index >= 15 is 0 Å². The predicted molar refractivity (Wildman–Crippen MR) is 98.8 cm³/mol. The van der Waals surface area contributed by atoms with Gasteiger partial charge in [-0.25, -0.2) is 4.98 Å². The highest BCUT2D eigenvalue weighted by molar-refractivity contribution is 5.70. The van der Waals surface area contributed by atoms with Gasteiger partial charge in [0.05, 0.1) is 12.8 Å².